The molecule has 0 radical (unpaired) electrons. The van der Waals surface area contributed by atoms with E-state index in [1.807, 2.05) is 36.9 Å². The lowest BCUT2D eigenvalue weighted by molar-refractivity contribution is -0.192. The van der Waals surface area contributed by atoms with Gasteiger partial charge in [-0.05, 0) is 31.5 Å². The van der Waals surface area contributed by atoms with E-state index in [0.717, 1.165) is 22.4 Å². The van der Waals surface area contributed by atoms with Crippen LogP contribution in [0.4, 0.5) is 19.0 Å². The van der Waals surface area contributed by atoms with Gasteiger partial charge < -0.3 is 15.7 Å². The van der Waals surface area contributed by atoms with Crippen LogP contribution in [-0.4, -0.2) is 53.7 Å². The number of aliphatic carboxylic acids is 1. The van der Waals surface area contributed by atoms with Gasteiger partial charge in [0, 0.05) is 23.7 Å². The summed E-state index contributed by atoms with van der Waals surface area (Å²) in [6, 6.07) is 6.00. The van der Waals surface area contributed by atoms with Crippen molar-refractivity contribution in [3.63, 3.8) is 0 Å². The van der Waals surface area contributed by atoms with E-state index in [1.54, 1.807) is 10.7 Å². The van der Waals surface area contributed by atoms with Crippen molar-refractivity contribution in [2.75, 3.05) is 5.73 Å². The molecule has 1 aliphatic rings. The van der Waals surface area contributed by atoms with E-state index in [-0.39, 0.29) is 11.9 Å². The van der Waals surface area contributed by atoms with Crippen molar-refractivity contribution in [2.24, 2.45) is 0 Å². The van der Waals surface area contributed by atoms with Crippen LogP contribution < -0.4 is 5.73 Å². The van der Waals surface area contributed by atoms with Crippen LogP contribution in [0.5, 0.6) is 0 Å². The lowest BCUT2D eigenvalue weighted by Crippen LogP contribution is -2.30. The number of hydrogen-bond acceptors (Lipinski definition) is 6. The molecule has 1 amide bonds. The Labute approximate surface area is 168 Å². The van der Waals surface area contributed by atoms with E-state index in [2.05, 4.69) is 15.1 Å². The summed E-state index contributed by atoms with van der Waals surface area (Å²) in [5, 5.41) is 11.3. The third-order valence-corrected chi connectivity index (χ3v) is 4.43. The van der Waals surface area contributed by atoms with Crippen LogP contribution >= 0.6 is 0 Å². The summed E-state index contributed by atoms with van der Waals surface area (Å²) in [5.41, 5.74) is 9.93. The minimum atomic E-state index is -5.08. The van der Waals surface area contributed by atoms with Crippen molar-refractivity contribution in [3.05, 3.63) is 41.9 Å². The molecule has 9 nitrogen and oxygen atoms in total. The molecule has 3 aromatic rings. The van der Waals surface area contributed by atoms with Gasteiger partial charge in [-0.1, -0.05) is 6.07 Å². The Morgan fingerprint density at radius 1 is 1.27 bits per heavy atom. The fourth-order valence-corrected chi connectivity index (χ4v) is 2.95. The lowest BCUT2D eigenvalue weighted by atomic mass is 10.0. The first-order valence-electron chi connectivity index (χ1n) is 8.69. The molecule has 0 aliphatic carbocycles. The second-order valence-corrected chi connectivity index (χ2v) is 6.73. The molecule has 1 aromatic carbocycles. The number of carbonyl (C=O) groups is 2. The van der Waals surface area contributed by atoms with Gasteiger partial charge in [-0.3, -0.25) is 4.79 Å². The lowest BCUT2D eigenvalue weighted by Gasteiger charge is -2.19. The van der Waals surface area contributed by atoms with Gasteiger partial charge in [0.1, 0.15) is 6.33 Å². The Bertz CT molecular complexity index is 1130. The van der Waals surface area contributed by atoms with Crippen LogP contribution in [0.25, 0.3) is 16.9 Å². The molecular formula is C18H17F3N6O3. The van der Waals surface area contributed by atoms with Crippen molar-refractivity contribution in [3.8, 4) is 11.3 Å². The topological polar surface area (TPSA) is 127 Å². The fourth-order valence-electron chi connectivity index (χ4n) is 2.95. The zero-order valence-corrected chi connectivity index (χ0v) is 15.9. The SMILES string of the molecule is CC(C)N1Cc2cc(-c3cnc4c(N)ncnn34)ccc2C1=O.O=C(O)C(F)(F)F. The summed E-state index contributed by atoms with van der Waals surface area (Å²) in [7, 11) is 0. The van der Waals surface area contributed by atoms with Crippen molar-refractivity contribution in [2.45, 2.75) is 32.6 Å². The van der Waals surface area contributed by atoms with Crippen molar-refractivity contribution in [1.82, 2.24) is 24.5 Å². The van der Waals surface area contributed by atoms with Crippen molar-refractivity contribution < 1.29 is 27.9 Å². The number of nitrogen functional groups attached to an aromatic ring is 1. The Morgan fingerprint density at radius 3 is 2.53 bits per heavy atom. The average Bonchev–Trinajstić information content (AvgIpc) is 3.24. The highest BCUT2D eigenvalue weighted by molar-refractivity contribution is 5.99. The number of fused-ring (bicyclic) bond motifs is 2. The molecule has 3 N–H and O–H groups in total. The van der Waals surface area contributed by atoms with Crippen molar-refractivity contribution in [1.29, 1.82) is 0 Å². The van der Waals surface area contributed by atoms with Gasteiger partial charge in [0.2, 0.25) is 0 Å². The first kappa shape index (κ1) is 21.0. The Balaban J connectivity index is 0.000000318. The normalized spacial score (nSPS) is 13.4. The molecule has 1 aliphatic heterocycles. The van der Waals surface area contributed by atoms with Crippen LogP contribution in [0.15, 0.2) is 30.7 Å². The molecule has 4 rings (SSSR count). The van der Waals surface area contributed by atoms with E-state index < -0.39 is 12.1 Å². The maximum absolute atomic E-state index is 12.4. The van der Waals surface area contributed by atoms with E-state index in [9.17, 15) is 18.0 Å². The van der Waals surface area contributed by atoms with E-state index in [1.165, 1.54) is 6.33 Å². The number of imidazole rings is 1. The Morgan fingerprint density at radius 2 is 1.93 bits per heavy atom. The highest BCUT2D eigenvalue weighted by Gasteiger charge is 2.38. The molecular weight excluding hydrogens is 405 g/mol. The minimum absolute atomic E-state index is 0.0891. The number of anilines is 1. The van der Waals surface area contributed by atoms with Crippen LogP contribution in [0.2, 0.25) is 0 Å². The Kier molecular flexibility index (Phi) is 5.33. The molecule has 0 bridgehead atoms. The predicted octanol–water partition coefficient (Wildman–Crippen LogP) is 2.37. The number of halogens is 3. The van der Waals surface area contributed by atoms with Crippen LogP contribution in [-0.2, 0) is 11.3 Å². The number of alkyl halides is 3. The van der Waals surface area contributed by atoms with Crippen molar-refractivity contribution >= 4 is 23.3 Å². The van der Waals surface area contributed by atoms with Gasteiger partial charge in [-0.25, -0.2) is 19.3 Å². The van der Waals surface area contributed by atoms with Gasteiger partial charge >= 0.3 is 12.1 Å². The molecule has 158 valence electrons. The maximum atomic E-state index is 12.4. The first-order chi connectivity index (χ1) is 14.0. The van der Waals surface area contributed by atoms with Gasteiger partial charge in [0.05, 0.1) is 11.9 Å². The standard InChI is InChI=1S/C16H16N6O.C2HF3O2/c1-9(2)21-7-11-5-10(3-4-12(11)16(21)23)13-6-18-15-14(17)19-8-20-22(13)15;3-2(4,5)1(6)7/h3-6,8-9H,7H2,1-2H3,(H2,17,19,20);(H,6,7). The molecule has 0 atom stereocenters. The quantitative estimate of drug-likeness (QED) is 0.649. The number of hydrogen-bond donors (Lipinski definition) is 2. The van der Waals surface area contributed by atoms with E-state index in [0.29, 0.717) is 18.0 Å². The second-order valence-electron chi connectivity index (χ2n) is 6.73. The summed E-state index contributed by atoms with van der Waals surface area (Å²) in [4.78, 5) is 31.3. The van der Waals surface area contributed by atoms with Gasteiger partial charge in [0.15, 0.2) is 11.5 Å². The van der Waals surface area contributed by atoms with Gasteiger partial charge in [-0.2, -0.15) is 18.3 Å². The third-order valence-electron chi connectivity index (χ3n) is 4.43. The summed E-state index contributed by atoms with van der Waals surface area (Å²) < 4.78 is 33.4. The molecule has 30 heavy (non-hydrogen) atoms. The molecule has 0 saturated carbocycles. The molecule has 2 aromatic heterocycles. The second kappa shape index (κ2) is 7.61. The molecule has 0 saturated heterocycles. The highest BCUT2D eigenvalue weighted by atomic mass is 19.4. The van der Waals surface area contributed by atoms with Crippen LogP contribution in [0.1, 0.15) is 29.8 Å². The zero-order chi connectivity index (χ0) is 22.2. The summed E-state index contributed by atoms with van der Waals surface area (Å²) in [5.74, 6) is -2.33. The number of nitrogens with two attached hydrogens (primary N) is 1. The number of rotatable bonds is 2. The van der Waals surface area contributed by atoms with E-state index >= 15 is 0 Å². The number of carboxylic acids is 1. The highest BCUT2D eigenvalue weighted by Crippen LogP contribution is 2.30. The number of benzene rings is 1. The molecule has 0 spiro atoms. The fraction of sp³-hybridized carbons (Fsp3) is 0.278. The number of amides is 1. The number of nitrogens with zero attached hydrogens (tertiary/aromatic N) is 5. The Hall–Kier alpha value is -3.70. The van der Waals surface area contributed by atoms with Gasteiger partial charge in [0.25, 0.3) is 5.91 Å². The minimum Gasteiger partial charge on any atom is -0.475 e. The third kappa shape index (κ3) is 3.88. The average molecular weight is 422 g/mol. The van der Waals surface area contributed by atoms with Crippen LogP contribution in [0.3, 0.4) is 0 Å². The van der Waals surface area contributed by atoms with E-state index in [4.69, 9.17) is 15.6 Å². The van der Waals surface area contributed by atoms with Crippen LogP contribution in [0, 0.1) is 0 Å². The maximum Gasteiger partial charge on any atom is 0.490 e. The molecule has 3 heterocycles. The largest absolute Gasteiger partial charge is 0.490 e. The predicted molar refractivity (Wildman–Crippen MR) is 99.3 cm³/mol. The zero-order valence-electron chi connectivity index (χ0n) is 15.9. The monoisotopic (exact) mass is 422 g/mol. The molecule has 0 fully saturated rings. The molecule has 0 unspecified atom stereocenters. The summed E-state index contributed by atoms with van der Waals surface area (Å²) in [6.45, 7) is 4.68. The summed E-state index contributed by atoms with van der Waals surface area (Å²) >= 11 is 0. The first-order valence-corrected chi connectivity index (χ1v) is 8.69. The summed E-state index contributed by atoms with van der Waals surface area (Å²) in [6.07, 6.45) is -1.95. The number of aromatic nitrogens is 4. The van der Waals surface area contributed by atoms with Gasteiger partial charge in [-0.15, -0.1) is 0 Å². The number of carboxylic acid groups (broad SMARTS) is 1. The molecule has 12 heteroatoms. The smallest absolute Gasteiger partial charge is 0.475 e. The number of carbonyl (C=O) groups excluding carboxylic acids is 1.